The average Bonchev–Trinajstić information content (AvgIpc) is 3.99. The van der Waals surface area contributed by atoms with Crippen LogP contribution in [0.4, 0.5) is 0 Å². The monoisotopic (exact) mass is 810 g/mol. The molecule has 4 unspecified atom stereocenters. The number of nitrogens with zero attached hydrogens (tertiary/aromatic N) is 2. The molecule has 0 amide bonds. The smallest absolute Gasteiger partial charge is 0.0878 e. The molecule has 0 aromatic carbocycles. The van der Waals surface area contributed by atoms with Gasteiger partial charge in [0.2, 0.25) is 0 Å². The molecular weight excluding hydrogens is 737 g/mol. The number of ether oxygens (including phenoxy) is 2. The standard InChI is InChI=1S/C54H72N4O2/c1-38(2)15-11-17-40(5)19-13-21-42(7)29-31-59-44(9)52-37-54(45(10)60-32-30-43(8)22-14-20-41(6)18-12-16-39(3)4)36-51-28-27-49(57-51)34-47-24-23-46(55-47)33-48-25-26-50(56-48)35-53(52)58-54/h15-16,19-20,23-30,33-36,44-45,55,58H,11-14,17-18,21-22,31-32,37H2,1-10H3/b40-19?,41-20?,42-29?,43-30?,46-33-,47-34-,50-35-,51-36-/i37D. The lowest BCUT2D eigenvalue weighted by Gasteiger charge is -2.34. The first-order chi connectivity index (χ1) is 29.2. The van der Waals surface area contributed by atoms with Gasteiger partial charge in [-0.2, -0.15) is 0 Å². The molecule has 0 saturated heterocycles. The summed E-state index contributed by atoms with van der Waals surface area (Å²) in [4.78, 5) is 13.5. The maximum absolute atomic E-state index is 10.1. The molecule has 1 aromatic rings. The minimum atomic E-state index is -0.940. The Labute approximate surface area is 363 Å². The van der Waals surface area contributed by atoms with Crippen LogP contribution in [0.5, 0.6) is 0 Å². The highest BCUT2D eigenvalue weighted by atomic mass is 16.5. The fraction of sp³-hybridized carbons (Fsp3) is 0.444. The lowest BCUT2D eigenvalue weighted by atomic mass is 9.86. The van der Waals surface area contributed by atoms with Crippen LogP contribution >= 0.6 is 0 Å². The molecule has 5 heterocycles. The molecule has 8 bridgehead atoms. The van der Waals surface area contributed by atoms with Crippen molar-refractivity contribution in [1.29, 1.82) is 0 Å². The second-order valence-electron chi connectivity index (χ2n) is 17.5. The highest BCUT2D eigenvalue weighted by Gasteiger charge is 2.43. The summed E-state index contributed by atoms with van der Waals surface area (Å²) in [6, 6.07) is 4.11. The van der Waals surface area contributed by atoms with Gasteiger partial charge in [0.05, 0.1) is 53.8 Å². The van der Waals surface area contributed by atoms with E-state index in [4.69, 9.17) is 19.5 Å². The van der Waals surface area contributed by atoms with E-state index in [1.165, 1.54) is 33.4 Å². The average molecular weight is 810 g/mol. The topological polar surface area (TPSA) is 71.0 Å². The number of hydrogen-bond acceptors (Lipinski definition) is 5. The number of aliphatic imine (C=N–C) groups is 2. The Morgan fingerprint density at radius 3 is 1.68 bits per heavy atom. The van der Waals surface area contributed by atoms with Crippen molar-refractivity contribution in [2.24, 2.45) is 9.98 Å². The van der Waals surface area contributed by atoms with Crippen LogP contribution in [0.3, 0.4) is 0 Å². The Morgan fingerprint density at radius 1 is 0.650 bits per heavy atom. The lowest BCUT2D eigenvalue weighted by molar-refractivity contribution is 0.0351. The third-order valence-electron chi connectivity index (χ3n) is 11.4. The van der Waals surface area contributed by atoms with Crippen molar-refractivity contribution in [1.82, 2.24) is 10.3 Å². The minimum Gasteiger partial charge on any atom is -0.373 e. The SMILES string of the molecule is [2H]C1C(C(C)OCC=C(C)CCC=C(C)CCC=C(C)C)=C2/C=C3/C=CC(=N3)/C=c3/cc/c([nH]3)=C/C3=NC(=C\C1(C(C)OCC=C(C)CCC=C(C)CCC=C(C)C)N2)/C=C3. The molecule has 0 spiro atoms. The third-order valence-corrected chi connectivity index (χ3v) is 11.4. The molecule has 4 aliphatic heterocycles. The molecule has 1 aromatic heterocycles. The van der Waals surface area contributed by atoms with Crippen LogP contribution in [0.15, 0.2) is 151 Å². The van der Waals surface area contributed by atoms with Gasteiger partial charge in [-0.1, -0.05) is 69.9 Å². The molecule has 4 aliphatic rings. The summed E-state index contributed by atoms with van der Waals surface area (Å²) in [6.07, 6.45) is 37.1. The normalized spacial score (nSPS) is 24.5. The Morgan fingerprint density at radius 2 is 1.13 bits per heavy atom. The van der Waals surface area contributed by atoms with Crippen molar-refractivity contribution < 1.29 is 10.8 Å². The molecule has 2 N–H and O–H groups in total. The summed E-state index contributed by atoms with van der Waals surface area (Å²) in [5.74, 6) is 0. The maximum Gasteiger partial charge on any atom is 0.0878 e. The number of allylic oxidation sites excluding steroid dienone is 15. The van der Waals surface area contributed by atoms with Crippen LogP contribution in [0.2, 0.25) is 0 Å². The van der Waals surface area contributed by atoms with Gasteiger partial charge in [-0.05, 0) is 187 Å². The predicted molar refractivity (Wildman–Crippen MR) is 257 cm³/mol. The van der Waals surface area contributed by atoms with Crippen molar-refractivity contribution in [2.45, 2.75) is 145 Å². The largest absolute Gasteiger partial charge is 0.373 e. The van der Waals surface area contributed by atoms with Gasteiger partial charge in [-0.15, -0.1) is 0 Å². The molecule has 320 valence electrons. The molecule has 0 saturated carbocycles. The van der Waals surface area contributed by atoms with Crippen LogP contribution in [0.1, 0.15) is 128 Å². The second kappa shape index (κ2) is 22.7. The number of H-pyrrole nitrogens is 1. The quantitative estimate of drug-likeness (QED) is 0.129. The first-order valence-electron chi connectivity index (χ1n) is 22.7. The summed E-state index contributed by atoms with van der Waals surface area (Å²) in [7, 11) is 0. The fourth-order valence-corrected chi connectivity index (χ4v) is 7.54. The molecular formula is C54H72N4O2. The van der Waals surface area contributed by atoms with Gasteiger partial charge >= 0.3 is 0 Å². The minimum absolute atomic E-state index is 0.345. The Balaban J connectivity index is 1.38. The molecule has 4 atom stereocenters. The summed E-state index contributed by atoms with van der Waals surface area (Å²) in [5, 5.41) is 5.78. The van der Waals surface area contributed by atoms with Gasteiger partial charge in [0.1, 0.15) is 0 Å². The van der Waals surface area contributed by atoms with Gasteiger partial charge in [0.15, 0.2) is 0 Å². The number of rotatable bonds is 20. The highest BCUT2D eigenvalue weighted by molar-refractivity contribution is 6.20. The van der Waals surface area contributed by atoms with Crippen LogP contribution in [0.25, 0.3) is 12.2 Å². The van der Waals surface area contributed by atoms with Gasteiger partial charge in [0.25, 0.3) is 0 Å². The second-order valence-corrected chi connectivity index (χ2v) is 17.5. The third kappa shape index (κ3) is 14.7. The van der Waals surface area contributed by atoms with Crippen molar-refractivity contribution in [3.63, 3.8) is 0 Å². The molecule has 5 rings (SSSR count). The number of fused-ring (bicyclic) bond motifs is 6. The molecule has 0 radical (unpaired) electrons. The summed E-state index contributed by atoms with van der Waals surface area (Å²) in [5.41, 5.74) is 12.3. The molecule has 0 aliphatic carbocycles. The molecule has 0 fully saturated rings. The van der Waals surface area contributed by atoms with E-state index in [-0.39, 0.29) is 6.10 Å². The zero-order valence-corrected chi connectivity index (χ0v) is 38.3. The number of aromatic amines is 1. The van der Waals surface area contributed by atoms with E-state index in [9.17, 15) is 1.37 Å². The van der Waals surface area contributed by atoms with Crippen molar-refractivity contribution in [3.8, 4) is 0 Å². The Hall–Kier alpha value is -4.78. The first kappa shape index (κ1) is 44.8. The highest BCUT2D eigenvalue weighted by Crippen LogP contribution is 2.38. The van der Waals surface area contributed by atoms with Crippen LogP contribution < -0.4 is 16.0 Å². The van der Waals surface area contributed by atoms with Crippen molar-refractivity contribution in [3.05, 3.63) is 152 Å². The Bertz CT molecular complexity index is 2270. The Kier molecular flexibility index (Phi) is 16.9. The zero-order valence-electron chi connectivity index (χ0n) is 39.3. The van der Waals surface area contributed by atoms with Crippen LogP contribution in [-0.4, -0.2) is 47.4 Å². The van der Waals surface area contributed by atoms with E-state index in [2.05, 4.69) is 140 Å². The van der Waals surface area contributed by atoms with Gasteiger partial charge in [-0.3, -0.25) is 0 Å². The van der Waals surface area contributed by atoms with E-state index in [0.717, 1.165) is 96.2 Å². The van der Waals surface area contributed by atoms with E-state index < -0.39 is 18.0 Å². The van der Waals surface area contributed by atoms with Crippen LogP contribution in [0, 0.1) is 0 Å². The fourth-order valence-electron chi connectivity index (χ4n) is 7.54. The molecule has 6 heteroatoms. The summed E-state index contributed by atoms with van der Waals surface area (Å²) >= 11 is 0. The number of hydrogen-bond donors (Lipinski definition) is 2. The summed E-state index contributed by atoms with van der Waals surface area (Å²) in [6.45, 7) is 22.5. The van der Waals surface area contributed by atoms with E-state index in [1.807, 2.05) is 36.5 Å². The predicted octanol–water partition coefficient (Wildman–Crippen LogP) is 12.0. The van der Waals surface area contributed by atoms with Crippen molar-refractivity contribution in [2.75, 3.05) is 13.2 Å². The van der Waals surface area contributed by atoms with E-state index in [1.54, 1.807) is 0 Å². The van der Waals surface area contributed by atoms with Crippen LogP contribution in [-0.2, 0) is 9.47 Å². The number of nitrogens with one attached hydrogen (secondary N) is 2. The van der Waals surface area contributed by atoms with E-state index in [0.29, 0.717) is 13.2 Å². The van der Waals surface area contributed by atoms with Gasteiger partial charge < -0.3 is 19.8 Å². The summed E-state index contributed by atoms with van der Waals surface area (Å²) < 4.78 is 23.4. The lowest BCUT2D eigenvalue weighted by Crippen LogP contribution is -2.49. The van der Waals surface area contributed by atoms with Gasteiger partial charge in [0, 0.05) is 24.2 Å². The first-order valence-corrected chi connectivity index (χ1v) is 22.1. The maximum atomic E-state index is 10.1. The van der Waals surface area contributed by atoms with Crippen molar-refractivity contribution >= 4 is 23.6 Å². The molecule has 6 nitrogen and oxygen atoms in total. The number of aromatic nitrogens is 1. The molecule has 60 heavy (non-hydrogen) atoms. The van der Waals surface area contributed by atoms with E-state index >= 15 is 0 Å². The van der Waals surface area contributed by atoms with Gasteiger partial charge in [-0.25, -0.2) is 9.98 Å². The zero-order chi connectivity index (χ0) is 43.9.